The van der Waals surface area contributed by atoms with E-state index in [4.69, 9.17) is 4.74 Å². The monoisotopic (exact) mass is 344 g/mol. The van der Waals surface area contributed by atoms with E-state index >= 15 is 0 Å². The SMILES string of the molecule is CN(C)C(=O)COc1cccc(NC(=O)CCc2ccccc2F)c1. The summed E-state index contributed by atoms with van der Waals surface area (Å²) < 4.78 is 19.0. The van der Waals surface area contributed by atoms with Gasteiger partial charge in [0.05, 0.1) is 0 Å². The fourth-order valence-corrected chi connectivity index (χ4v) is 2.11. The van der Waals surface area contributed by atoms with Crippen molar-refractivity contribution in [3.05, 3.63) is 59.9 Å². The van der Waals surface area contributed by atoms with Crippen LogP contribution < -0.4 is 10.1 Å². The average Bonchev–Trinajstić information content (AvgIpc) is 2.59. The highest BCUT2D eigenvalue weighted by molar-refractivity contribution is 5.91. The van der Waals surface area contributed by atoms with Gasteiger partial charge in [0.2, 0.25) is 5.91 Å². The molecule has 2 amide bonds. The predicted octanol–water partition coefficient (Wildman–Crippen LogP) is 2.86. The molecule has 0 atom stereocenters. The Hall–Kier alpha value is -2.89. The number of hydrogen-bond acceptors (Lipinski definition) is 3. The van der Waals surface area contributed by atoms with Crippen LogP contribution in [0.4, 0.5) is 10.1 Å². The molecule has 1 N–H and O–H groups in total. The Morgan fingerprint density at radius 3 is 2.60 bits per heavy atom. The van der Waals surface area contributed by atoms with Gasteiger partial charge in [-0.3, -0.25) is 9.59 Å². The molecule has 5 nitrogen and oxygen atoms in total. The number of carbonyl (C=O) groups is 2. The minimum absolute atomic E-state index is 0.0717. The van der Waals surface area contributed by atoms with Gasteiger partial charge >= 0.3 is 0 Å². The van der Waals surface area contributed by atoms with E-state index in [0.717, 1.165) is 0 Å². The van der Waals surface area contributed by atoms with Gasteiger partial charge in [0, 0.05) is 32.3 Å². The molecule has 2 rings (SSSR count). The number of nitrogens with zero attached hydrogens (tertiary/aromatic N) is 1. The number of hydrogen-bond donors (Lipinski definition) is 1. The summed E-state index contributed by atoms with van der Waals surface area (Å²) in [4.78, 5) is 25.0. The Kier molecular flexibility index (Phi) is 6.51. The summed E-state index contributed by atoms with van der Waals surface area (Å²) in [6, 6.07) is 13.2. The van der Waals surface area contributed by atoms with Crippen LogP contribution in [-0.4, -0.2) is 37.4 Å². The van der Waals surface area contributed by atoms with Crippen molar-refractivity contribution in [2.24, 2.45) is 0 Å². The lowest BCUT2D eigenvalue weighted by Crippen LogP contribution is -2.27. The molecule has 0 aliphatic carbocycles. The first-order chi connectivity index (χ1) is 12.0. The normalized spacial score (nSPS) is 10.2. The van der Waals surface area contributed by atoms with Crippen molar-refractivity contribution >= 4 is 17.5 Å². The summed E-state index contributed by atoms with van der Waals surface area (Å²) in [6.07, 6.45) is 0.497. The second-order valence-corrected chi connectivity index (χ2v) is 5.74. The number of rotatable bonds is 7. The van der Waals surface area contributed by atoms with Crippen molar-refractivity contribution in [3.63, 3.8) is 0 Å². The molecule has 0 spiro atoms. The van der Waals surface area contributed by atoms with Gasteiger partial charge in [0.1, 0.15) is 11.6 Å². The molecule has 0 radical (unpaired) electrons. The van der Waals surface area contributed by atoms with Crippen LogP contribution in [0.5, 0.6) is 5.75 Å². The van der Waals surface area contributed by atoms with E-state index in [0.29, 0.717) is 23.4 Å². The molecule has 0 fully saturated rings. The standard InChI is InChI=1S/C19H21FN2O3/c1-22(2)19(24)13-25-16-8-5-7-15(12-16)21-18(23)11-10-14-6-3-4-9-17(14)20/h3-9,12H,10-11,13H2,1-2H3,(H,21,23). The molecule has 132 valence electrons. The molecule has 0 aliphatic heterocycles. The van der Waals surface area contributed by atoms with Gasteiger partial charge in [-0.15, -0.1) is 0 Å². The zero-order valence-corrected chi connectivity index (χ0v) is 14.3. The zero-order chi connectivity index (χ0) is 18.2. The molecule has 0 bridgehead atoms. The third-order valence-corrected chi connectivity index (χ3v) is 3.56. The maximum Gasteiger partial charge on any atom is 0.259 e. The molecule has 2 aromatic rings. The first-order valence-corrected chi connectivity index (χ1v) is 7.92. The van der Waals surface area contributed by atoms with E-state index in [2.05, 4.69) is 5.32 Å². The van der Waals surface area contributed by atoms with Gasteiger partial charge in [0.25, 0.3) is 5.91 Å². The first-order valence-electron chi connectivity index (χ1n) is 7.92. The lowest BCUT2D eigenvalue weighted by Gasteiger charge is -2.12. The lowest BCUT2D eigenvalue weighted by molar-refractivity contribution is -0.130. The number of amides is 2. The maximum absolute atomic E-state index is 13.5. The highest BCUT2D eigenvalue weighted by Crippen LogP contribution is 2.18. The summed E-state index contributed by atoms with van der Waals surface area (Å²) in [5.41, 5.74) is 1.07. The van der Waals surface area contributed by atoms with Crippen molar-refractivity contribution in [3.8, 4) is 5.75 Å². The lowest BCUT2D eigenvalue weighted by atomic mass is 10.1. The summed E-state index contributed by atoms with van der Waals surface area (Å²) in [6.45, 7) is -0.0717. The second-order valence-electron chi connectivity index (χ2n) is 5.74. The minimum atomic E-state index is -0.309. The predicted molar refractivity (Wildman–Crippen MR) is 94.0 cm³/mol. The van der Waals surface area contributed by atoms with Crippen LogP contribution in [0.1, 0.15) is 12.0 Å². The molecule has 0 unspecified atom stereocenters. The molecular formula is C19H21FN2O3. The number of benzene rings is 2. The van der Waals surface area contributed by atoms with E-state index in [1.165, 1.54) is 11.0 Å². The van der Waals surface area contributed by atoms with Crippen LogP contribution in [-0.2, 0) is 16.0 Å². The van der Waals surface area contributed by atoms with Crippen LogP contribution in [0.25, 0.3) is 0 Å². The van der Waals surface area contributed by atoms with Crippen LogP contribution in [0.15, 0.2) is 48.5 Å². The Bertz CT molecular complexity index is 747. The number of carbonyl (C=O) groups excluding carboxylic acids is 2. The van der Waals surface area contributed by atoms with Crippen LogP contribution in [0.3, 0.4) is 0 Å². The van der Waals surface area contributed by atoms with Crippen LogP contribution >= 0.6 is 0 Å². The van der Waals surface area contributed by atoms with E-state index in [1.807, 2.05) is 0 Å². The van der Waals surface area contributed by atoms with Gasteiger partial charge in [-0.2, -0.15) is 0 Å². The molecule has 0 heterocycles. The quantitative estimate of drug-likeness (QED) is 0.840. The Labute approximate surface area is 146 Å². The van der Waals surface area contributed by atoms with Crippen molar-refractivity contribution in [1.82, 2.24) is 4.90 Å². The van der Waals surface area contributed by atoms with E-state index in [-0.39, 0.29) is 30.7 Å². The summed E-state index contributed by atoms with van der Waals surface area (Å²) >= 11 is 0. The highest BCUT2D eigenvalue weighted by Gasteiger charge is 2.08. The molecule has 0 aliphatic rings. The van der Waals surface area contributed by atoms with Crippen molar-refractivity contribution < 1.29 is 18.7 Å². The van der Waals surface area contributed by atoms with Crippen LogP contribution in [0.2, 0.25) is 0 Å². The van der Waals surface area contributed by atoms with Gasteiger partial charge < -0.3 is 15.0 Å². The molecule has 25 heavy (non-hydrogen) atoms. The Morgan fingerprint density at radius 2 is 1.88 bits per heavy atom. The van der Waals surface area contributed by atoms with Crippen LogP contribution in [0, 0.1) is 5.82 Å². The maximum atomic E-state index is 13.5. The number of nitrogens with one attached hydrogen (secondary N) is 1. The van der Waals surface area contributed by atoms with E-state index in [9.17, 15) is 14.0 Å². The van der Waals surface area contributed by atoms with E-state index in [1.54, 1.807) is 56.6 Å². The smallest absolute Gasteiger partial charge is 0.259 e. The van der Waals surface area contributed by atoms with Gasteiger partial charge in [-0.05, 0) is 30.2 Å². The molecular weight excluding hydrogens is 323 g/mol. The van der Waals surface area contributed by atoms with Gasteiger partial charge in [-0.1, -0.05) is 24.3 Å². The Morgan fingerprint density at radius 1 is 1.12 bits per heavy atom. The number of anilines is 1. The molecule has 0 aromatic heterocycles. The highest BCUT2D eigenvalue weighted by atomic mass is 19.1. The fraction of sp³-hybridized carbons (Fsp3) is 0.263. The molecule has 6 heteroatoms. The summed E-state index contributed by atoms with van der Waals surface area (Å²) in [5.74, 6) is -0.192. The average molecular weight is 344 g/mol. The Balaban J connectivity index is 1.87. The van der Waals surface area contributed by atoms with Crippen molar-refractivity contribution in [2.45, 2.75) is 12.8 Å². The van der Waals surface area contributed by atoms with Gasteiger partial charge in [0.15, 0.2) is 6.61 Å². The number of aryl methyl sites for hydroxylation is 1. The zero-order valence-electron chi connectivity index (χ0n) is 14.3. The van der Waals surface area contributed by atoms with Gasteiger partial charge in [-0.25, -0.2) is 4.39 Å². The van der Waals surface area contributed by atoms with Crippen molar-refractivity contribution in [1.29, 1.82) is 0 Å². The fourth-order valence-electron chi connectivity index (χ4n) is 2.11. The first kappa shape index (κ1) is 18.4. The largest absolute Gasteiger partial charge is 0.484 e. The number of ether oxygens (including phenoxy) is 1. The summed E-state index contributed by atoms with van der Waals surface area (Å²) in [7, 11) is 3.30. The summed E-state index contributed by atoms with van der Waals surface area (Å²) in [5, 5.41) is 2.75. The molecule has 0 saturated heterocycles. The minimum Gasteiger partial charge on any atom is -0.484 e. The van der Waals surface area contributed by atoms with E-state index < -0.39 is 0 Å². The molecule has 0 saturated carbocycles. The number of likely N-dealkylation sites (N-methyl/N-ethyl adjacent to an activating group) is 1. The molecule has 2 aromatic carbocycles. The number of halogens is 1. The van der Waals surface area contributed by atoms with Crippen molar-refractivity contribution in [2.75, 3.05) is 26.0 Å². The topological polar surface area (TPSA) is 58.6 Å². The third-order valence-electron chi connectivity index (χ3n) is 3.56. The second kappa shape index (κ2) is 8.82. The third kappa shape index (κ3) is 5.91.